The number of benzene rings is 1. The van der Waals surface area contributed by atoms with Gasteiger partial charge in [0.1, 0.15) is 5.78 Å². The molecule has 1 atom stereocenters. The average molecular weight is 370 g/mol. The zero-order chi connectivity index (χ0) is 19.6. The molecule has 0 aliphatic rings. The van der Waals surface area contributed by atoms with Crippen LogP contribution in [0.25, 0.3) is 11.4 Å². The predicted octanol–water partition coefficient (Wildman–Crippen LogP) is 1.73. The molecule has 0 aliphatic heterocycles. The van der Waals surface area contributed by atoms with E-state index in [9.17, 15) is 9.59 Å². The fraction of sp³-hybridized carbons (Fsp3) is 0.474. The van der Waals surface area contributed by atoms with Gasteiger partial charge in [0.15, 0.2) is 5.82 Å². The van der Waals surface area contributed by atoms with Crippen molar-refractivity contribution in [2.24, 2.45) is 5.73 Å². The second-order valence-electron chi connectivity index (χ2n) is 6.59. The van der Waals surface area contributed by atoms with Crippen LogP contribution in [0.1, 0.15) is 50.4 Å². The number of nitrogens with one attached hydrogen (secondary N) is 1. The quantitative estimate of drug-likeness (QED) is 0.610. The molecule has 2 rings (SSSR count). The molecule has 0 aliphatic carbocycles. The Morgan fingerprint density at radius 2 is 1.70 bits per heavy atom. The van der Waals surface area contributed by atoms with E-state index < -0.39 is 6.04 Å². The van der Waals surface area contributed by atoms with Gasteiger partial charge in [0.25, 0.3) is 0 Å². The first-order valence-corrected chi connectivity index (χ1v) is 9.11. The fourth-order valence-electron chi connectivity index (χ4n) is 2.53. The predicted molar refractivity (Wildman–Crippen MR) is 101 cm³/mol. The van der Waals surface area contributed by atoms with Crippen LogP contribution in [-0.2, 0) is 16.1 Å². The lowest BCUT2D eigenvalue weighted by molar-refractivity contribution is -0.122. The van der Waals surface area contributed by atoms with Crippen LogP contribution in [0.3, 0.4) is 0 Å². The van der Waals surface area contributed by atoms with E-state index in [1.165, 1.54) is 0 Å². The van der Waals surface area contributed by atoms with Gasteiger partial charge in [-0.2, -0.15) is 0 Å². The molecule has 0 fully saturated rings. The number of aryl methyl sites for hydroxylation is 1. The number of amides is 1. The number of nitrogens with zero attached hydrogens (tertiary/aromatic N) is 4. The first-order chi connectivity index (χ1) is 13.0. The van der Waals surface area contributed by atoms with Crippen LogP contribution >= 0.6 is 0 Å². The Morgan fingerprint density at radius 3 is 2.33 bits per heavy atom. The number of nitrogens with two attached hydrogens (primary N) is 1. The highest BCUT2D eigenvalue weighted by Crippen LogP contribution is 2.14. The minimum absolute atomic E-state index is 0.166. The number of Topliss-reactive ketones (excluding diaryl/α,β-unsaturated/α-hetero) is 1. The van der Waals surface area contributed by atoms with Gasteiger partial charge in [0.2, 0.25) is 11.7 Å². The Kier molecular flexibility index (Phi) is 7.94. The van der Waals surface area contributed by atoms with Gasteiger partial charge < -0.3 is 15.8 Å². The Balaban J connectivity index is 1.74. The fourth-order valence-corrected chi connectivity index (χ4v) is 2.53. The maximum Gasteiger partial charge on any atom is 0.237 e. The number of unbranched alkanes of at least 4 members (excludes halogenated alkanes) is 2. The normalized spacial score (nSPS) is 11.8. The molecule has 0 saturated carbocycles. The van der Waals surface area contributed by atoms with E-state index in [0.29, 0.717) is 31.0 Å². The Labute approximate surface area is 159 Å². The smallest absolute Gasteiger partial charge is 0.237 e. The van der Waals surface area contributed by atoms with Gasteiger partial charge in [-0.05, 0) is 32.3 Å². The standard InChI is InChI=1S/C19H26N6O2/c1-13(26)6-4-3-5-7-17(20)19(27)21-12-15-8-10-16(11-9-15)18-24-22-14(2)23-25-18/h8-11,17H,3-7,12,20H2,1-2H3,(H,21,27). The van der Waals surface area contributed by atoms with Crippen LogP contribution in [-0.4, -0.2) is 38.1 Å². The number of carbonyl (C=O) groups excluding carboxylic acids is 2. The molecule has 1 amide bonds. The van der Waals surface area contributed by atoms with Crippen molar-refractivity contribution in [2.45, 2.75) is 58.5 Å². The minimum Gasteiger partial charge on any atom is -0.351 e. The summed E-state index contributed by atoms with van der Waals surface area (Å²) in [5.41, 5.74) is 7.69. The number of hydrogen-bond donors (Lipinski definition) is 2. The number of rotatable bonds is 10. The van der Waals surface area contributed by atoms with Crippen LogP contribution in [0.4, 0.5) is 0 Å². The van der Waals surface area contributed by atoms with Crippen molar-refractivity contribution in [3.05, 3.63) is 35.7 Å². The van der Waals surface area contributed by atoms with Crippen molar-refractivity contribution in [3.8, 4) is 11.4 Å². The highest BCUT2D eigenvalue weighted by Gasteiger charge is 2.12. The molecule has 2 aromatic rings. The summed E-state index contributed by atoms with van der Waals surface area (Å²) in [4.78, 5) is 23.0. The highest BCUT2D eigenvalue weighted by molar-refractivity contribution is 5.81. The van der Waals surface area contributed by atoms with Crippen molar-refractivity contribution in [1.29, 1.82) is 0 Å². The Hall–Kier alpha value is -2.74. The summed E-state index contributed by atoms with van der Waals surface area (Å²) in [5.74, 6) is 1.02. The van der Waals surface area contributed by atoms with Crippen LogP contribution in [0, 0.1) is 6.92 Å². The second kappa shape index (κ2) is 10.4. The molecule has 144 valence electrons. The SMILES string of the molecule is CC(=O)CCCCCC(N)C(=O)NCc1ccc(-c2nnc(C)nn2)cc1. The van der Waals surface area contributed by atoms with E-state index in [1.807, 2.05) is 24.3 Å². The summed E-state index contributed by atoms with van der Waals surface area (Å²) in [7, 11) is 0. The lowest BCUT2D eigenvalue weighted by Gasteiger charge is -2.12. The summed E-state index contributed by atoms with van der Waals surface area (Å²) in [6.45, 7) is 3.72. The third-order valence-corrected chi connectivity index (χ3v) is 4.14. The summed E-state index contributed by atoms with van der Waals surface area (Å²) in [6, 6.07) is 6.99. The molecule has 0 saturated heterocycles. The molecule has 27 heavy (non-hydrogen) atoms. The third kappa shape index (κ3) is 7.18. The van der Waals surface area contributed by atoms with Crippen molar-refractivity contribution < 1.29 is 9.59 Å². The largest absolute Gasteiger partial charge is 0.351 e. The lowest BCUT2D eigenvalue weighted by Crippen LogP contribution is -2.40. The van der Waals surface area contributed by atoms with Crippen LogP contribution in [0.5, 0.6) is 0 Å². The van der Waals surface area contributed by atoms with Crippen LogP contribution in [0.2, 0.25) is 0 Å². The van der Waals surface area contributed by atoms with Gasteiger partial charge in [-0.3, -0.25) is 4.79 Å². The molecular formula is C19H26N6O2. The molecule has 3 N–H and O–H groups in total. The number of carbonyl (C=O) groups is 2. The van der Waals surface area contributed by atoms with Crippen molar-refractivity contribution >= 4 is 11.7 Å². The Bertz CT molecular complexity index is 746. The van der Waals surface area contributed by atoms with E-state index in [4.69, 9.17) is 5.73 Å². The van der Waals surface area contributed by atoms with Gasteiger partial charge in [0.05, 0.1) is 6.04 Å². The molecule has 0 spiro atoms. The second-order valence-corrected chi connectivity index (χ2v) is 6.59. The average Bonchev–Trinajstić information content (AvgIpc) is 2.66. The van der Waals surface area contributed by atoms with Gasteiger partial charge in [0, 0.05) is 18.5 Å². The number of hydrogen-bond acceptors (Lipinski definition) is 7. The zero-order valence-electron chi connectivity index (χ0n) is 15.8. The maximum absolute atomic E-state index is 12.1. The van der Waals surface area contributed by atoms with Crippen molar-refractivity contribution in [1.82, 2.24) is 25.7 Å². The lowest BCUT2D eigenvalue weighted by atomic mass is 10.1. The maximum atomic E-state index is 12.1. The van der Waals surface area contributed by atoms with E-state index in [-0.39, 0.29) is 11.7 Å². The molecule has 0 radical (unpaired) electrons. The van der Waals surface area contributed by atoms with Gasteiger partial charge in [-0.1, -0.05) is 37.1 Å². The van der Waals surface area contributed by atoms with Crippen molar-refractivity contribution in [3.63, 3.8) is 0 Å². The highest BCUT2D eigenvalue weighted by atomic mass is 16.2. The molecule has 1 aromatic carbocycles. The van der Waals surface area contributed by atoms with Gasteiger partial charge in [-0.15, -0.1) is 20.4 Å². The first-order valence-electron chi connectivity index (χ1n) is 9.11. The molecule has 8 heteroatoms. The molecule has 8 nitrogen and oxygen atoms in total. The molecular weight excluding hydrogens is 344 g/mol. The van der Waals surface area contributed by atoms with Gasteiger partial charge >= 0.3 is 0 Å². The topological polar surface area (TPSA) is 124 Å². The molecule has 0 bridgehead atoms. The summed E-state index contributed by atoms with van der Waals surface area (Å²) in [5, 5.41) is 18.6. The third-order valence-electron chi connectivity index (χ3n) is 4.14. The molecule has 1 unspecified atom stereocenters. The number of ketones is 1. The van der Waals surface area contributed by atoms with Gasteiger partial charge in [-0.25, -0.2) is 0 Å². The minimum atomic E-state index is -0.528. The van der Waals surface area contributed by atoms with Crippen molar-refractivity contribution in [2.75, 3.05) is 0 Å². The van der Waals surface area contributed by atoms with Crippen LogP contribution < -0.4 is 11.1 Å². The molecule has 1 heterocycles. The van der Waals surface area contributed by atoms with E-state index in [2.05, 4.69) is 25.7 Å². The molecule has 1 aromatic heterocycles. The Morgan fingerprint density at radius 1 is 1.04 bits per heavy atom. The summed E-state index contributed by atoms with van der Waals surface area (Å²) < 4.78 is 0. The first kappa shape index (κ1) is 20.6. The van der Waals surface area contributed by atoms with E-state index >= 15 is 0 Å². The summed E-state index contributed by atoms with van der Waals surface area (Å²) >= 11 is 0. The zero-order valence-corrected chi connectivity index (χ0v) is 15.8. The van der Waals surface area contributed by atoms with E-state index in [0.717, 1.165) is 30.4 Å². The van der Waals surface area contributed by atoms with E-state index in [1.54, 1.807) is 13.8 Å². The monoisotopic (exact) mass is 370 g/mol. The van der Waals surface area contributed by atoms with Crippen LogP contribution in [0.15, 0.2) is 24.3 Å². The summed E-state index contributed by atoms with van der Waals surface area (Å²) in [6.07, 6.45) is 3.82. The number of aromatic nitrogens is 4.